The molecule has 0 amide bonds. The number of carbonyl (C=O) groups is 1. The Balaban J connectivity index is 0.00000300. The third kappa shape index (κ3) is 4.85. The Hall–Kier alpha value is -2.25. The van der Waals surface area contributed by atoms with Gasteiger partial charge >= 0.3 is 35.6 Å². The first-order valence-electron chi connectivity index (χ1n) is 8.83. The molecule has 0 aliphatic rings. The Morgan fingerprint density at radius 2 is 1.38 bits per heavy atom. The molecule has 0 N–H and O–H groups in total. The first-order valence-corrected chi connectivity index (χ1v) is 8.83. The molecule has 0 saturated heterocycles. The summed E-state index contributed by atoms with van der Waals surface area (Å²) in [5.41, 5.74) is 1.11. The maximum atomic E-state index is 12.3. The van der Waals surface area contributed by atoms with Crippen LogP contribution in [0.4, 0.5) is 0 Å². The molecule has 0 saturated carbocycles. The summed E-state index contributed by atoms with van der Waals surface area (Å²) in [4.78, 5) is 20.7. The van der Waals surface area contributed by atoms with Gasteiger partial charge in [0, 0.05) is 18.5 Å². The molecule has 7 heteroatoms. The number of carboxylic acids is 1. The van der Waals surface area contributed by atoms with Crippen molar-refractivity contribution in [3.05, 3.63) is 89.2 Å². The molecule has 1 heterocycles. The Bertz CT molecular complexity index is 892. The number of carboxylic acid groups (broad SMARTS) is 1. The molecule has 0 aliphatic carbocycles. The van der Waals surface area contributed by atoms with Crippen LogP contribution < -0.4 is 39.4 Å². The van der Waals surface area contributed by atoms with Crippen molar-refractivity contribution in [2.24, 2.45) is 0 Å². The zero-order valence-electron chi connectivity index (χ0n) is 17.0. The molecule has 144 valence electrons. The quantitative estimate of drug-likeness (QED) is 0.482. The Morgan fingerprint density at radius 3 is 1.76 bits per heavy atom. The summed E-state index contributed by atoms with van der Waals surface area (Å²) in [5, 5.41) is 12.3. The van der Waals surface area contributed by atoms with Crippen LogP contribution in [0, 0.1) is 13.8 Å². The number of hydrogen-bond donors (Lipinski definition) is 0. The minimum absolute atomic E-state index is 0. The van der Waals surface area contributed by atoms with Crippen molar-refractivity contribution in [3.63, 3.8) is 0 Å². The molecule has 2 aromatic carbocycles. The van der Waals surface area contributed by atoms with Crippen LogP contribution in [0.15, 0.2) is 66.7 Å². The van der Waals surface area contributed by atoms with Gasteiger partial charge in [0.15, 0.2) is 11.7 Å². The van der Waals surface area contributed by atoms with Crippen LogP contribution in [0.1, 0.15) is 22.5 Å². The molecule has 29 heavy (non-hydrogen) atoms. The number of carbonyl (C=O) groups excluding carboxylic acids is 1. The van der Waals surface area contributed by atoms with Crippen molar-refractivity contribution in [2.45, 2.75) is 25.6 Å². The van der Waals surface area contributed by atoms with Crippen molar-refractivity contribution in [2.75, 3.05) is 7.11 Å². The Kier molecular flexibility index (Phi) is 7.93. The van der Waals surface area contributed by atoms with Gasteiger partial charge in [-0.1, -0.05) is 60.7 Å². The average molecular weight is 400 g/mol. The van der Waals surface area contributed by atoms with E-state index in [1.54, 1.807) is 44.2 Å². The summed E-state index contributed by atoms with van der Waals surface area (Å²) in [6.07, 6.45) is -1.52. The minimum atomic E-state index is -1.52. The number of methoxy groups -OCH3 is 1. The van der Waals surface area contributed by atoms with Crippen molar-refractivity contribution in [1.29, 1.82) is 0 Å². The molecule has 3 aromatic rings. The maximum absolute atomic E-state index is 12.3. The van der Waals surface area contributed by atoms with E-state index in [0.29, 0.717) is 22.5 Å². The molecule has 1 aromatic heterocycles. The van der Waals surface area contributed by atoms with E-state index >= 15 is 0 Å². The molecule has 0 spiro atoms. The van der Waals surface area contributed by atoms with Gasteiger partial charge in [-0.05, 0) is 31.0 Å². The van der Waals surface area contributed by atoms with Gasteiger partial charge < -0.3 is 19.4 Å². The second kappa shape index (κ2) is 9.98. The van der Waals surface area contributed by atoms with Crippen LogP contribution in [-0.4, -0.2) is 29.2 Å². The van der Waals surface area contributed by atoms with Crippen LogP contribution >= 0.6 is 0 Å². The third-order valence-electron chi connectivity index (χ3n) is 4.50. The van der Waals surface area contributed by atoms with E-state index in [1.807, 2.05) is 36.4 Å². The first-order chi connectivity index (χ1) is 13.5. The molecule has 0 aliphatic heterocycles. The molecular formula is C22H21N2NaO4. The summed E-state index contributed by atoms with van der Waals surface area (Å²) in [7, 11) is 1.45. The van der Waals surface area contributed by atoms with Gasteiger partial charge in [-0.25, -0.2) is 9.97 Å². The zero-order chi connectivity index (χ0) is 20.1. The van der Waals surface area contributed by atoms with Crippen LogP contribution in [0.25, 0.3) is 0 Å². The van der Waals surface area contributed by atoms with Crippen LogP contribution in [0.2, 0.25) is 0 Å². The number of aliphatic carboxylic acids is 1. The predicted octanol–water partition coefficient (Wildman–Crippen LogP) is -0.815. The van der Waals surface area contributed by atoms with E-state index in [1.165, 1.54) is 7.11 Å². The molecular weight excluding hydrogens is 379 g/mol. The monoisotopic (exact) mass is 400 g/mol. The summed E-state index contributed by atoms with van der Waals surface area (Å²) < 4.78 is 11.7. The van der Waals surface area contributed by atoms with E-state index < -0.39 is 17.7 Å². The first kappa shape index (κ1) is 23.0. The SMILES string of the molecule is COC(c1ccccc1)(c1ccccc1)[C@H](Oc1nc(C)cc(C)n1)C(=O)[O-].[Na+]. The number of nitrogens with zero attached hydrogens (tertiary/aromatic N) is 2. The number of benzene rings is 2. The van der Waals surface area contributed by atoms with Crippen LogP contribution in [-0.2, 0) is 15.1 Å². The molecule has 0 unspecified atom stereocenters. The molecule has 0 radical (unpaired) electrons. The number of aromatic nitrogens is 2. The van der Waals surface area contributed by atoms with Gasteiger partial charge in [0.1, 0.15) is 0 Å². The van der Waals surface area contributed by atoms with Crippen LogP contribution in [0.3, 0.4) is 0 Å². The van der Waals surface area contributed by atoms with Gasteiger partial charge in [-0.2, -0.15) is 0 Å². The normalized spacial score (nSPS) is 12.0. The largest absolute Gasteiger partial charge is 1.00 e. The Morgan fingerprint density at radius 1 is 0.931 bits per heavy atom. The standard InChI is InChI=1S/C22H22N2O4.Na/c1-15-14-16(2)24-21(23-15)28-19(20(25)26)22(27-3,17-10-6-4-7-11-17)18-12-8-5-9-13-18;/h4-14,19H,1-3H3,(H,25,26);/q;+1/p-1/t19-;/m1./s1. The van der Waals surface area contributed by atoms with Crippen molar-refractivity contribution in [3.8, 4) is 6.01 Å². The van der Waals surface area contributed by atoms with E-state index in [2.05, 4.69) is 9.97 Å². The van der Waals surface area contributed by atoms with E-state index in [9.17, 15) is 9.90 Å². The zero-order valence-corrected chi connectivity index (χ0v) is 19.0. The second-order valence-electron chi connectivity index (χ2n) is 6.42. The number of ether oxygens (including phenoxy) is 2. The maximum Gasteiger partial charge on any atom is 1.00 e. The molecule has 1 atom stereocenters. The van der Waals surface area contributed by atoms with Gasteiger partial charge in [-0.3, -0.25) is 0 Å². The topological polar surface area (TPSA) is 84.4 Å². The molecule has 3 rings (SSSR count). The number of hydrogen-bond acceptors (Lipinski definition) is 6. The predicted molar refractivity (Wildman–Crippen MR) is 102 cm³/mol. The van der Waals surface area contributed by atoms with Crippen molar-refractivity contribution >= 4 is 5.97 Å². The van der Waals surface area contributed by atoms with Crippen molar-refractivity contribution < 1.29 is 48.9 Å². The Labute approximate surface area is 192 Å². The number of aryl methyl sites for hydroxylation is 2. The number of rotatable bonds is 7. The van der Waals surface area contributed by atoms with Crippen molar-refractivity contribution in [1.82, 2.24) is 9.97 Å². The fourth-order valence-corrected chi connectivity index (χ4v) is 3.33. The fraction of sp³-hybridized carbons (Fsp3) is 0.227. The summed E-state index contributed by atoms with van der Waals surface area (Å²) >= 11 is 0. The van der Waals surface area contributed by atoms with Gasteiger partial charge in [0.25, 0.3) is 0 Å². The fourth-order valence-electron chi connectivity index (χ4n) is 3.33. The summed E-state index contributed by atoms with van der Waals surface area (Å²) in [6.45, 7) is 3.57. The third-order valence-corrected chi connectivity index (χ3v) is 4.50. The molecule has 6 nitrogen and oxygen atoms in total. The molecule has 0 fully saturated rings. The summed E-state index contributed by atoms with van der Waals surface area (Å²) in [6, 6.07) is 19.8. The summed E-state index contributed by atoms with van der Waals surface area (Å²) in [5.74, 6) is -1.43. The minimum Gasteiger partial charge on any atom is -0.546 e. The average Bonchev–Trinajstić information content (AvgIpc) is 2.69. The molecule has 0 bridgehead atoms. The smallest absolute Gasteiger partial charge is 0.546 e. The van der Waals surface area contributed by atoms with Gasteiger partial charge in [-0.15, -0.1) is 0 Å². The second-order valence-corrected chi connectivity index (χ2v) is 6.42. The van der Waals surface area contributed by atoms with Gasteiger partial charge in [0.05, 0.1) is 5.97 Å². The van der Waals surface area contributed by atoms with E-state index in [0.717, 1.165) is 0 Å². The van der Waals surface area contributed by atoms with Gasteiger partial charge in [0.2, 0.25) is 0 Å². The van der Waals surface area contributed by atoms with E-state index in [-0.39, 0.29) is 35.6 Å². The van der Waals surface area contributed by atoms with Crippen LogP contribution in [0.5, 0.6) is 6.01 Å². The van der Waals surface area contributed by atoms with E-state index in [4.69, 9.17) is 9.47 Å².